The van der Waals surface area contributed by atoms with Gasteiger partial charge in [0.2, 0.25) is 0 Å². The van der Waals surface area contributed by atoms with E-state index in [0.29, 0.717) is 0 Å². The van der Waals surface area contributed by atoms with Crippen molar-refractivity contribution in [2.24, 2.45) is 0 Å². The van der Waals surface area contributed by atoms with Crippen molar-refractivity contribution in [1.29, 1.82) is 0 Å². The van der Waals surface area contributed by atoms with Crippen LogP contribution >= 0.6 is 15.6 Å². The molecule has 240 valence electrons. The van der Waals surface area contributed by atoms with Crippen molar-refractivity contribution >= 4 is 15.6 Å². The van der Waals surface area contributed by atoms with Crippen LogP contribution in [0.5, 0.6) is 0 Å². The third-order valence-electron chi connectivity index (χ3n) is 5.99. The van der Waals surface area contributed by atoms with Gasteiger partial charge < -0.3 is 27.9 Å². The molecule has 0 aromatic heterocycles. The number of hydrogen-bond acceptors (Lipinski definition) is 8. The van der Waals surface area contributed by atoms with E-state index in [1.165, 1.54) is 44.9 Å². The number of unbranched alkanes of at least 4 members (excludes halogenated alkanes) is 16. The van der Waals surface area contributed by atoms with E-state index in [-0.39, 0.29) is 42.9 Å². The molecule has 0 aliphatic carbocycles. The van der Waals surface area contributed by atoms with E-state index in [0.717, 1.165) is 83.5 Å². The molecule has 0 aliphatic rings. The van der Waals surface area contributed by atoms with Crippen LogP contribution in [-0.2, 0) is 43.7 Å². The van der Waals surface area contributed by atoms with E-state index in [2.05, 4.69) is 27.7 Å². The van der Waals surface area contributed by atoms with E-state index >= 15 is 0 Å². The van der Waals surface area contributed by atoms with Crippen molar-refractivity contribution in [3.8, 4) is 0 Å². The number of phosphoric acid groups is 2. The molecule has 2 atom stereocenters. The maximum atomic E-state index is 11.4. The third kappa shape index (κ3) is 38.7. The molecule has 0 bridgehead atoms. The molecule has 0 aromatic rings. The zero-order valence-corrected chi connectivity index (χ0v) is 28.2. The molecule has 0 spiro atoms. The zero-order valence-electron chi connectivity index (χ0n) is 25.4. The summed E-state index contributed by atoms with van der Waals surface area (Å²) in [5, 5.41) is 0. The van der Waals surface area contributed by atoms with E-state index in [1.54, 1.807) is 0 Å². The Labute approximate surface area is 251 Å². The van der Waals surface area contributed by atoms with Gasteiger partial charge in [0.1, 0.15) is 0 Å². The monoisotopic (exact) mass is 644 g/mol. The van der Waals surface area contributed by atoms with Crippen molar-refractivity contribution in [3.05, 3.63) is 0 Å². The molecule has 39 heavy (non-hydrogen) atoms. The van der Waals surface area contributed by atoms with Gasteiger partial charge in [0.15, 0.2) is 0 Å². The summed E-state index contributed by atoms with van der Waals surface area (Å²) in [5.41, 5.74) is 0. The van der Waals surface area contributed by atoms with Gasteiger partial charge in [0, 0.05) is 0 Å². The van der Waals surface area contributed by atoms with Gasteiger partial charge in [0.05, 0.1) is 26.4 Å². The number of hydrogen-bond donors (Lipinski definition) is 0. The second-order valence-electron chi connectivity index (χ2n) is 9.88. The van der Waals surface area contributed by atoms with Crippen LogP contribution in [-0.4, -0.2) is 26.4 Å². The van der Waals surface area contributed by atoms with Gasteiger partial charge in [-0.25, -0.2) is 0 Å². The van der Waals surface area contributed by atoms with Crippen molar-refractivity contribution in [2.45, 2.75) is 156 Å². The molecule has 0 fully saturated rings. The van der Waals surface area contributed by atoms with Gasteiger partial charge >= 0.3 is 16.5 Å². The Morgan fingerprint density at radius 1 is 0.385 bits per heavy atom. The summed E-state index contributed by atoms with van der Waals surface area (Å²) in [5.74, 6) is 0. The van der Waals surface area contributed by atoms with Crippen LogP contribution in [0.15, 0.2) is 0 Å². The topological polar surface area (TPSA) is 117 Å². The molecule has 0 saturated carbocycles. The van der Waals surface area contributed by atoms with Crippen LogP contribution in [0.2, 0.25) is 0 Å². The molecule has 0 aromatic carbocycles. The number of phosphoric ester groups is 2. The van der Waals surface area contributed by atoms with Crippen molar-refractivity contribution in [1.82, 2.24) is 0 Å². The molecule has 0 aliphatic heterocycles. The predicted octanol–water partition coefficient (Wildman–Crippen LogP) is 8.86. The first-order valence-corrected chi connectivity index (χ1v) is 18.4. The Hall–Kier alpha value is 0.714. The fraction of sp³-hybridized carbons (Fsp3) is 1.00. The van der Waals surface area contributed by atoms with Crippen LogP contribution in [0.1, 0.15) is 156 Å². The summed E-state index contributed by atoms with van der Waals surface area (Å²) < 4.78 is 42.0. The first kappa shape index (κ1) is 44.2. The molecular formula is C28H60NiO8P2. The Bertz CT molecular complexity index is 570. The average Bonchev–Trinajstić information content (AvgIpc) is 2.88. The predicted molar refractivity (Wildman–Crippen MR) is 154 cm³/mol. The molecule has 8 nitrogen and oxygen atoms in total. The minimum Gasteiger partial charge on any atom is -0.756 e. The molecule has 0 heterocycles. The summed E-state index contributed by atoms with van der Waals surface area (Å²) in [6.07, 6.45) is 21.3. The van der Waals surface area contributed by atoms with Gasteiger partial charge in [-0.3, -0.25) is 9.13 Å². The second kappa shape index (κ2) is 33.2. The fourth-order valence-electron chi connectivity index (χ4n) is 3.60. The Kier molecular flexibility index (Phi) is 37.6. The molecule has 0 rings (SSSR count). The summed E-state index contributed by atoms with van der Waals surface area (Å²) in [6, 6.07) is 0. The first-order chi connectivity index (χ1) is 18.2. The molecular weight excluding hydrogens is 585 g/mol. The summed E-state index contributed by atoms with van der Waals surface area (Å²) in [4.78, 5) is 22.8. The van der Waals surface area contributed by atoms with E-state index in [1.807, 2.05) is 0 Å². The van der Waals surface area contributed by atoms with Gasteiger partial charge in [-0.15, -0.1) is 0 Å². The first-order valence-electron chi connectivity index (χ1n) is 15.4. The minimum absolute atomic E-state index is 0. The van der Waals surface area contributed by atoms with E-state index in [9.17, 15) is 18.9 Å². The SMILES string of the molecule is CCCCCCCCOP(=O)([O-])OCCCCCCC.CCCCCCCOP(=O)([O-])OCCCCCC.[Ni+2]. The van der Waals surface area contributed by atoms with Gasteiger partial charge in [-0.1, -0.05) is 130 Å². The fourth-order valence-corrected chi connectivity index (χ4v) is 5.16. The van der Waals surface area contributed by atoms with Gasteiger partial charge in [-0.05, 0) is 25.7 Å². The van der Waals surface area contributed by atoms with Crippen LogP contribution < -0.4 is 9.79 Å². The Balaban J connectivity index is -0.000000651. The quantitative estimate of drug-likeness (QED) is 0.0471. The van der Waals surface area contributed by atoms with Gasteiger partial charge in [0.25, 0.3) is 15.6 Å². The summed E-state index contributed by atoms with van der Waals surface area (Å²) in [6.45, 7) is 9.59. The molecule has 0 radical (unpaired) electrons. The third-order valence-corrected chi connectivity index (χ3v) is 7.98. The van der Waals surface area contributed by atoms with Crippen LogP contribution in [0.3, 0.4) is 0 Å². The molecule has 2 unspecified atom stereocenters. The largest absolute Gasteiger partial charge is 2.00 e. The van der Waals surface area contributed by atoms with Crippen LogP contribution in [0.4, 0.5) is 0 Å². The van der Waals surface area contributed by atoms with Crippen LogP contribution in [0.25, 0.3) is 0 Å². The van der Waals surface area contributed by atoms with Crippen molar-refractivity contribution < 1.29 is 53.5 Å². The normalized spacial score (nSPS) is 14.1. The van der Waals surface area contributed by atoms with E-state index < -0.39 is 15.6 Å². The van der Waals surface area contributed by atoms with Crippen molar-refractivity contribution in [2.75, 3.05) is 26.4 Å². The molecule has 0 amide bonds. The average molecular weight is 645 g/mol. The molecule has 0 saturated heterocycles. The minimum atomic E-state index is -4.06. The maximum absolute atomic E-state index is 11.4. The standard InChI is InChI=1S/C15H33O4P.C13H29O4P.Ni/c1-3-5-7-9-11-13-15-19-20(16,17)18-14-12-10-8-6-4-2;1-3-5-7-9-11-13-17-18(14,15)16-12-10-8-6-4-2;/h3-15H2,1-2H3,(H,16,17);3-13H2,1-2H3,(H,14,15);/q;;+2/p-2. The zero-order chi connectivity index (χ0) is 28.8. The van der Waals surface area contributed by atoms with Crippen molar-refractivity contribution in [3.63, 3.8) is 0 Å². The maximum Gasteiger partial charge on any atom is 2.00 e. The Morgan fingerprint density at radius 2 is 0.564 bits per heavy atom. The molecule has 0 N–H and O–H groups in total. The smallest absolute Gasteiger partial charge is 0.756 e. The molecule has 11 heteroatoms. The second-order valence-corrected chi connectivity index (χ2v) is 12.7. The van der Waals surface area contributed by atoms with Crippen LogP contribution in [0, 0.1) is 0 Å². The van der Waals surface area contributed by atoms with E-state index in [4.69, 9.17) is 18.1 Å². The Morgan fingerprint density at radius 3 is 0.795 bits per heavy atom. The summed E-state index contributed by atoms with van der Waals surface area (Å²) in [7, 11) is -8.11. The van der Waals surface area contributed by atoms with Gasteiger partial charge in [-0.2, -0.15) is 0 Å². The number of rotatable bonds is 28. The summed E-state index contributed by atoms with van der Waals surface area (Å²) >= 11 is 0.